The van der Waals surface area contributed by atoms with Gasteiger partial charge >= 0.3 is 0 Å². The van der Waals surface area contributed by atoms with Gasteiger partial charge in [-0.25, -0.2) is 4.98 Å². The number of benzene rings is 1. The maximum atomic E-state index is 10.4. The first-order chi connectivity index (χ1) is 15.3. The molecule has 170 valence electrons. The van der Waals surface area contributed by atoms with Crippen LogP contribution in [-0.2, 0) is 0 Å². The molecule has 0 bridgehead atoms. The van der Waals surface area contributed by atoms with Crippen LogP contribution in [0.2, 0.25) is 10.0 Å². The van der Waals surface area contributed by atoms with Crippen molar-refractivity contribution in [2.24, 2.45) is 0 Å². The summed E-state index contributed by atoms with van der Waals surface area (Å²) in [5.41, 5.74) is 9.38. The van der Waals surface area contributed by atoms with Gasteiger partial charge < -0.3 is 15.6 Å². The van der Waals surface area contributed by atoms with Crippen LogP contribution in [0.4, 0.5) is 5.82 Å². The fourth-order valence-corrected chi connectivity index (χ4v) is 4.49. The summed E-state index contributed by atoms with van der Waals surface area (Å²) in [5.74, 6) is 0.756. The normalized spacial score (nSPS) is 14.1. The second-order valence-corrected chi connectivity index (χ2v) is 8.66. The molecule has 2 aromatic heterocycles. The Kier molecular flexibility index (Phi) is 8.35. The third-order valence-corrected chi connectivity index (χ3v) is 6.23. The highest BCUT2D eigenvalue weighted by molar-refractivity contribution is 6.36. The monoisotopic (exact) mass is 473 g/mol. The lowest BCUT2D eigenvalue weighted by molar-refractivity contribution is 0.132. The molecule has 5 nitrogen and oxygen atoms in total. The summed E-state index contributed by atoms with van der Waals surface area (Å²) in [7, 11) is 0. The molecule has 3 unspecified atom stereocenters. The fourth-order valence-electron chi connectivity index (χ4n) is 3.78. The van der Waals surface area contributed by atoms with Crippen LogP contribution in [0.15, 0.2) is 48.8 Å². The second kappa shape index (κ2) is 11.0. The molecule has 0 amide bonds. The van der Waals surface area contributed by atoms with Crippen LogP contribution in [-0.4, -0.2) is 21.2 Å². The standard InChI is InChI=1S/C25H29Cl2N3O2/c1-4-7-18(22(31)5-2)21-11-10-16(13-29-21)17-12-23(25(28)30-14-17)32-15(3)24-19(26)8-6-9-20(24)27/h6,8-15,18,22,31H,4-5,7H2,1-3H3,(H2,28,30). The van der Waals surface area contributed by atoms with E-state index in [0.29, 0.717) is 27.8 Å². The highest BCUT2D eigenvalue weighted by Crippen LogP contribution is 2.36. The number of ether oxygens (including phenoxy) is 1. The SMILES string of the molecule is CCCC(c1ccc(-c2cnc(N)c(OC(C)c3c(Cl)cccc3Cl)c2)cn1)C(O)CC. The van der Waals surface area contributed by atoms with Crippen LogP contribution in [0.25, 0.3) is 11.1 Å². The average molecular weight is 474 g/mol. The Morgan fingerprint density at radius 2 is 1.72 bits per heavy atom. The minimum Gasteiger partial charge on any atom is -0.482 e. The Morgan fingerprint density at radius 1 is 1.03 bits per heavy atom. The molecule has 0 saturated carbocycles. The van der Waals surface area contributed by atoms with E-state index in [-0.39, 0.29) is 11.7 Å². The van der Waals surface area contributed by atoms with Gasteiger partial charge in [0.1, 0.15) is 6.10 Å². The highest BCUT2D eigenvalue weighted by Gasteiger charge is 2.21. The molecule has 3 aromatic rings. The number of aromatic nitrogens is 2. The van der Waals surface area contributed by atoms with E-state index in [1.165, 1.54) is 0 Å². The molecule has 3 N–H and O–H groups in total. The largest absolute Gasteiger partial charge is 0.482 e. The molecule has 0 aliphatic rings. The summed E-state index contributed by atoms with van der Waals surface area (Å²) in [4.78, 5) is 8.93. The number of nitrogens with two attached hydrogens (primary N) is 1. The van der Waals surface area contributed by atoms with Gasteiger partial charge in [0.2, 0.25) is 0 Å². The lowest BCUT2D eigenvalue weighted by atomic mass is 9.91. The van der Waals surface area contributed by atoms with Gasteiger partial charge in [-0.1, -0.05) is 55.6 Å². The van der Waals surface area contributed by atoms with Crippen molar-refractivity contribution in [1.82, 2.24) is 9.97 Å². The predicted molar refractivity (Wildman–Crippen MR) is 131 cm³/mol. The van der Waals surface area contributed by atoms with Crippen LogP contribution < -0.4 is 10.5 Å². The maximum absolute atomic E-state index is 10.4. The molecule has 2 heterocycles. The number of rotatable bonds is 9. The van der Waals surface area contributed by atoms with E-state index < -0.39 is 12.2 Å². The third-order valence-electron chi connectivity index (χ3n) is 5.57. The number of aliphatic hydroxyl groups is 1. The van der Waals surface area contributed by atoms with Crippen molar-refractivity contribution in [3.63, 3.8) is 0 Å². The molecule has 0 spiro atoms. The van der Waals surface area contributed by atoms with Crippen molar-refractivity contribution in [2.45, 2.75) is 58.2 Å². The number of anilines is 1. The first-order valence-corrected chi connectivity index (χ1v) is 11.6. The van der Waals surface area contributed by atoms with Gasteiger partial charge in [0.25, 0.3) is 0 Å². The summed E-state index contributed by atoms with van der Waals surface area (Å²) in [5, 5.41) is 11.4. The molecular formula is C25H29Cl2N3O2. The smallest absolute Gasteiger partial charge is 0.166 e. The molecule has 32 heavy (non-hydrogen) atoms. The minimum absolute atomic E-state index is 0.0312. The van der Waals surface area contributed by atoms with E-state index >= 15 is 0 Å². The van der Waals surface area contributed by atoms with E-state index in [4.69, 9.17) is 33.7 Å². The molecular weight excluding hydrogens is 445 g/mol. The van der Waals surface area contributed by atoms with E-state index in [1.807, 2.05) is 32.0 Å². The molecule has 3 atom stereocenters. The number of halogens is 2. The first-order valence-electron chi connectivity index (χ1n) is 10.9. The third kappa shape index (κ3) is 5.52. The summed E-state index contributed by atoms with van der Waals surface area (Å²) in [6.07, 6.45) is 5.25. The molecule has 1 aromatic carbocycles. The van der Waals surface area contributed by atoms with Crippen molar-refractivity contribution in [1.29, 1.82) is 0 Å². The van der Waals surface area contributed by atoms with Gasteiger partial charge in [-0.2, -0.15) is 0 Å². The van der Waals surface area contributed by atoms with Gasteiger partial charge in [-0.15, -0.1) is 0 Å². The molecule has 7 heteroatoms. The zero-order valence-electron chi connectivity index (χ0n) is 18.6. The molecule has 0 radical (unpaired) electrons. The zero-order chi connectivity index (χ0) is 23.3. The average Bonchev–Trinajstić information content (AvgIpc) is 2.78. The quantitative estimate of drug-likeness (QED) is 0.355. The predicted octanol–water partition coefficient (Wildman–Crippen LogP) is 6.83. The Hall–Kier alpha value is -2.34. The number of aliphatic hydroxyl groups excluding tert-OH is 1. The van der Waals surface area contributed by atoms with Gasteiger partial charge in [0, 0.05) is 50.7 Å². The Bertz CT molecular complexity index is 1020. The topological polar surface area (TPSA) is 81.3 Å². The van der Waals surface area contributed by atoms with Crippen LogP contribution in [0.3, 0.4) is 0 Å². The van der Waals surface area contributed by atoms with Gasteiger partial charge in [0.15, 0.2) is 11.6 Å². The summed E-state index contributed by atoms with van der Waals surface area (Å²) in [6.45, 7) is 5.96. The maximum Gasteiger partial charge on any atom is 0.166 e. The van der Waals surface area contributed by atoms with Crippen molar-refractivity contribution in [3.05, 3.63) is 70.1 Å². The summed E-state index contributed by atoms with van der Waals surface area (Å²) >= 11 is 12.6. The van der Waals surface area contributed by atoms with Gasteiger partial charge in [-0.05, 0) is 44.0 Å². The van der Waals surface area contributed by atoms with Crippen molar-refractivity contribution in [3.8, 4) is 16.9 Å². The number of pyridine rings is 2. The van der Waals surface area contributed by atoms with Crippen LogP contribution in [0.1, 0.15) is 63.3 Å². The number of hydrogen-bond acceptors (Lipinski definition) is 5. The highest BCUT2D eigenvalue weighted by atomic mass is 35.5. The van der Waals surface area contributed by atoms with E-state index in [1.54, 1.807) is 30.6 Å². The van der Waals surface area contributed by atoms with Crippen molar-refractivity contribution >= 4 is 29.0 Å². The van der Waals surface area contributed by atoms with Crippen molar-refractivity contribution < 1.29 is 9.84 Å². The Morgan fingerprint density at radius 3 is 2.31 bits per heavy atom. The van der Waals surface area contributed by atoms with Gasteiger partial charge in [0.05, 0.1) is 6.10 Å². The number of nitrogen functional groups attached to an aromatic ring is 1. The van der Waals surface area contributed by atoms with E-state index in [0.717, 1.165) is 29.7 Å². The molecule has 0 fully saturated rings. The number of hydrogen-bond donors (Lipinski definition) is 2. The van der Waals surface area contributed by atoms with E-state index in [2.05, 4.69) is 16.9 Å². The van der Waals surface area contributed by atoms with Crippen LogP contribution in [0.5, 0.6) is 5.75 Å². The lowest BCUT2D eigenvalue weighted by Crippen LogP contribution is -2.18. The minimum atomic E-state index is -0.415. The lowest BCUT2D eigenvalue weighted by Gasteiger charge is -2.21. The second-order valence-electron chi connectivity index (χ2n) is 7.85. The van der Waals surface area contributed by atoms with E-state index in [9.17, 15) is 5.11 Å². The molecule has 0 aliphatic heterocycles. The Labute approximate surface area is 199 Å². The zero-order valence-corrected chi connectivity index (χ0v) is 20.1. The van der Waals surface area contributed by atoms with Crippen LogP contribution >= 0.6 is 23.2 Å². The van der Waals surface area contributed by atoms with Crippen molar-refractivity contribution in [2.75, 3.05) is 5.73 Å². The van der Waals surface area contributed by atoms with Crippen LogP contribution in [0, 0.1) is 0 Å². The number of nitrogens with zero attached hydrogens (tertiary/aromatic N) is 2. The summed E-state index contributed by atoms with van der Waals surface area (Å²) < 4.78 is 6.09. The molecule has 0 saturated heterocycles. The summed E-state index contributed by atoms with van der Waals surface area (Å²) in [6, 6.07) is 11.1. The molecule has 3 rings (SSSR count). The Balaban J connectivity index is 1.85. The van der Waals surface area contributed by atoms with Gasteiger partial charge in [-0.3, -0.25) is 4.98 Å². The molecule has 0 aliphatic carbocycles. The fraction of sp³-hybridized carbons (Fsp3) is 0.360. The first kappa shape index (κ1) is 24.3.